The third-order valence-electron chi connectivity index (χ3n) is 4.28. The van der Waals surface area contributed by atoms with Crippen molar-refractivity contribution >= 4 is 56.8 Å². The van der Waals surface area contributed by atoms with E-state index in [1.54, 1.807) is 27.7 Å². The molecule has 0 saturated heterocycles. The highest BCUT2D eigenvalue weighted by Crippen LogP contribution is 2.26. The van der Waals surface area contributed by atoms with E-state index in [1.807, 2.05) is 48.8 Å². The Labute approximate surface area is 163 Å². The Hall–Kier alpha value is -2.09. The van der Waals surface area contributed by atoms with Crippen LogP contribution < -0.4 is 19.3 Å². The summed E-state index contributed by atoms with van der Waals surface area (Å²) in [4.78, 5) is 14.6. The highest BCUT2D eigenvalue weighted by atomic mass is 32.2. The zero-order chi connectivity index (χ0) is 18.3. The summed E-state index contributed by atoms with van der Waals surface area (Å²) >= 11 is 4.91. The summed E-state index contributed by atoms with van der Waals surface area (Å²) in [5.74, 6) is 0. The number of thioether (sulfide) groups is 1. The molecule has 4 rings (SSSR count). The van der Waals surface area contributed by atoms with Gasteiger partial charge in [0.2, 0.25) is 5.52 Å². The van der Waals surface area contributed by atoms with Crippen LogP contribution in [0.2, 0.25) is 0 Å². The van der Waals surface area contributed by atoms with Gasteiger partial charge in [0.1, 0.15) is 16.4 Å². The Morgan fingerprint density at radius 2 is 1.92 bits per heavy atom. The normalized spacial score (nSPS) is 17.3. The maximum Gasteiger partial charge on any atom is 0.268 e. The van der Waals surface area contributed by atoms with Crippen molar-refractivity contribution in [2.45, 2.75) is 0 Å². The molecule has 0 spiro atoms. The lowest BCUT2D eigenvalue weighted by Crippen LogP contribution is -2.31. The van der Waals surface area contributed by atoms with Gasteiger partial charge in [-0.15, -0.1) is 11.3 Å². The van der Waals surface area contributed by atoms with E-state index in [0.29, 0.717) is 0 Å². The molecule has 0 fully saturated rings. The van der Waals surface area contributed by atoms with Gasteiger partial charge in [0, 0.05) is 26.4 Å². The van der Waals surface area contributed by atoms with Crippen LogP contribution in [0.4, 0.5) is 0 Å². The van der Waals surface area contributed by atoms with E-state index >= 15 is 0 Å². The lowest BCUT2D eigenvalue weighted by atomic mass is 10.3. The summed E-state index contributed by atoms with van der Waals surface area (Å²) in [6.45, 7) is 0. The van der Waals surface area contributed by atoms with Gasteiger partial charge in [-0.05, 0) is 23.6 Å². The van der Waals surface area contributed by atoms with Crippen LogP contribution in [0, 0.1) is 0 Å². The summed E-state index contributed by atoms with van der Waals surface area (Å²) in [6, 6.07) is 8.34. The quantitative estimate of drug-likeness (QED) is 0.617. The standard InChI is InChI=1S/C19H18N3OS3/c1-20-10-11-24-16(20)9-8-15-19(23)22(3)18(26-15)12-17-21(2)13-6-4-5-7-14(13)25-17/h4-12H,1-3H3/q+1. The van der Waals surface area contributed by atoms with Crippen LogP contribution in [0.1, 0.15) is 5.01 Å². The molecule has 0 unspecified atom stereocenters. The number of hydrogen-bond donors (Lipinski definition) is 0. The first-order valence-corrected chi connectivity index (χ1v) is 10.6. The summed E-state index contributed by atoms with van der Waals surface area (Å²) in [6.07, 6.45) is 8.03. The van der Waals surface area contributed by atoms with E-state index in [2.05, 4.69) is 35.9 Å². The monoisotopic (exact) mass is 400 g/mol. The molecule has 2 aromatic heterocycles. The smallest absolute Gasteiger partial charge is 0.268 e. The van der Waals surface area contributed by atoms with Gasteiger partial charge in [0.05, 0.1) is 15.6 Å². The van der Waals surface area contributed by atoms with Crippen molar-refractivity contribution in [1.82, 2.24) is 9.47 Å². The van der Waals surface area contributed by atoms with Crippen LogP contribution in [0.25, 0.3) is 22.4 Å². The Bertz CT molecular complexity index is 1230. The zero-order valence-electron chi connectivity index (χ0n) is 14.7. The van der Waals surface area contributed by atoms with Crippen molar-refractivity contribution < 1.29 is 4.57 Å². The van der Waals surface area contributed by atoms with Crippen molar-refractivity contribution in [2.75, 3.05) is 7.05 Å². The predicted octanol–water partition coefficient (Wildman–Crippen LogP) is 2.09. The maximum absolute atomic E-state index is 12.6. The number of nitrogens with zero attached hydrogens (tertiary/aromatic N) is 3. The van der Waals surface area contributed by atoms with E-state index in [4.69, 9.17) is 0 Å². The first-order valence-electron chi connectivity index (χ1n) is 8.08. The molecule has 0 radical (unpaired) electrons. The maximum atomic E-state index is 12.6. The number of thiazole rings is 2. The SMILES string of the molecule is CN1C=CSC1=CC=c1sc(=Cc2sc3ccccc3[n+]2C)n(C)c1=O. The number of aryl methyl sites for hydroxylation is 1. The molecule has 0 N–H and O–H groups in total. The Morgan fingerprint density at radius 1 is 1.12 bits per heavy atom. The zero-order valence-corrected chi connectivity index (χ0v) is 17.1. The number of fused-ring (bicyclic) bond motifs is 1. The van der Waals surface area contributed by atoms with Gasteiger partial charge < -0.3 is 9.47 Å². The third-order valence-corrected chi connectivity index (χ3v) is 7.50. The first-order chi connectivity index (χ1) is 12.5. The minimum absolute atomic E-state index is 0.0421. The fraction of sp³-hybridized carbons (Fsp3) is 0.158. The Morgan fingerprint density at radius 3 is 2.65 bits per heavy atom. The summed E-state index contributed by atoms with van der Waals surface area (Å²) in [7, 11) is 5.90. The number of aromatic nitrogens is 2. The van der Waals surface area contributed by atoms with E-state index in [9.17, 15) is 4.79 Å². The van der Waals surface area contributed by atoms with Gasteiger partial charge in [-0.25, -0.2) is 0 Å². The van der Waals surface area contributed by atoms with Crippen molar-refractivity contribution in [2.24, 2.45) is 14.1 Å². The highest BCUT2D eigenvalue weighted by Gasteiger charge is 2.14. The van der Waals surface area contributed by atoms with Crippen LogP contribution in [-0.4, -0.2) is 16.5 Å². The molecule has 0 saturated carbocycles. The summed E-state index contributed by atoms with van der Waals surface area (Å²) < 4.78 is 6.84. The fourth-order valence-electron chi connectivity index (χ4n) is 2.73. The molecular weight excluding hydrogens is 382 g/mol. The Kier molecular flexibility index (Phi) is 4.60. The van der Waals surface area contributed by atoms with Crippen LogP contribution >= 0.6 is 34.4 Å². The topological polar surface area (TPSA) is 29.1 Å². The van der Waals surface area contributed by atoms with E-state index in [0.717, 1.165) is 19.2 Å². The minimum atomic E-state index is 0.0421. The van der Waals surface area contributed by atoms with Gasteiger partial charge in [0.25, 0.3) is 10.6 Å². The molecule has 1 aromatic carbocycles. The lowest BCUT2D eigenvalue weighted by molar-refractivity contribution is -0.642. The number of para-hydroxylation sites is 1. The van der Waals surface area contributed by atoms with Crippen molar-refractivity contribution in [3.05, 3.63) is 71.5 Å². The van der Waals surface area contributed by atoms with Crippen molar-refractivity contribution in [3.8, 4) is 0 Å². The summed E-state index contributed by atoms with van der Waals surface area (Å²) in [5.41, 5.74) is 1.25. The summed E-state index contributed by atoms with van der Waals surface area (Å²) in [5, 5.41) is 4.28. The molecule has 4 nitrogen and oxygen atoms in total. The van der Waals surface area contributed by atoms with Gasteiger partial charge in [0.15, 0.2) is 0 Å². The average molecular weight is 401 g/mol. The van der Waals surface area contributed by atoms with E-state index < -0.39 is 0 Å². The second kappa shape index (κ2) is 6.90. The Balaban J connectivity index is 1.81. The molecule has 0 atom stereocenters. The van der Waals surface area contributed by atoms with Crippen LogP contribution in [0.15, 0.2) is 51.8 Å². The second-order valence-corrected chi connectivity index (χ2v) is 9.02. The highest BCUT2D eigenvalue weighted by molar-refractivity contribution is 8.06. The number of rotatable bonds is 2. The molecule has 0 amide bonds. The van der Waals surface area contributed by atoms with Gasteiger partial charge in [-0.2, -0.15) is 4.57 Å². The van der Waals surface area contributed by atoms with Gasteiger partial charge in [-0.1, -0.05) is 35.2 Å². The van der Waals surface area contributed by atoms with Crippen LogP contribution in [0.3, 0.4) is 0 Å². The van der Waals surface area contributed by atoms with Crippen LogP contribution in [-0.2, 0) is 14.1 Å². The second-order valence-electron chi connectivity index (χ2n) is 5.97. The van der Waals surface area contributed by atoms with Gasteiger partial charge >= 0.3 is 0 Å². The van der Waals surface area contributed by atoms with Crippen LogP contribution in [0.5, 0.6) is 0 Å². The minimum Gasteiger partial charge on any atom is -0.345 e. The molecule has 7 heteroatoms. The molecule has 26 heavy (non-hydrogen) atoms. The molecule has 3 aromatic rings. The third kappa shape index (κ3) is 3.06. The fourth-order valence-corrected chi connectivity index (χ4v) is 5.62. The predicted molar refractivity (Wildman–Crippen MR) is 112 cm³/mol. The molecule has 0 bridgehead atoms. The molecule has 1 aliphatic rings. The number of benzene rings is 1. The molecule has 0 aliphatic carbocycles. The molecular formula is C19H18N3OS3+. The molecule has 132 valence electrons. The number of hydrogen-bond acceptors (Lipinski definition) is 5. The first kappa shape index (κ1) is 17.3. The van der Waals surface area contributed by atoms with E-state index in [1.165, 1.54) is 21.6 Å². The average Bonchev–Trinajstić information content (AvgIpc) is 3.27. The van der Waals surface area contributed by atoms with Crippen molar-refractivity contribution in [3.63, 3.8) is 0 Å². The lowest BCUT2D eigenvalue weighted by Gasteiger charge is -2.07. The number of allylic oxidation sites excluding steroid dienone is 1. The largest absolute Gasteiger partial charge is 0.345 e. The van der Waals surface area contributed by atoms with E-state index in [-0.39, 0.29) is 5.56 Å². The molecule has 3 heterocycles. The van der Waals surface area contributed by atoms with Gasteiger partial charge in [-0.3, -0.25) is 4.79 Å². The van der Waals surface area contributed by atoms with Crippen molar-refractivity contribution in [1.29, 1.82) is 0 Å². The molecule has 1 aliphatic heterocycles.